The summed E-state index contributed by atoms with van der Waals surface area (Å²) in [5, 5.41) is 11.7. The molecule has 0 bridgehead atoms. The number of aromatic nitrogens is 3. The summed E-state index contributed by atoms with van der Waals surface area (Å²) in [5.41, 5.74) is 2.15. The number of benzene rings is 1. The van der Waals surface area contributed by atoms with Crippen LogP contribution in [0.2, 0.25) is 0 Å². The predicted molar refractivity (Wildman–Crippen MR) is 96.7 cm³/mol. The number of hydrogen-bond donors (Lipinski definition) is 1. The highest BCUT2D eigenvalue weighted by molar-refractivity contribution is 8.00. The zero-order valence-electron chi connectivity index (χ0n) is 14.4. The van der Waals surface area contributed by atoms with Crippen LogP contribution >= 0.6 is 11.8 Å². The van der Waals surface area contributed by atoms with Crippen LogP contribution in [0.5, 0.6) is 0 Å². The average molecular weight is 356 g/mol. The van der Waals surface area contributed by atoms with Crippen LogP contribution in [-0.4, -0.2) is 25.9 Å². The fourth-order valence-electron chi connectivity index (χ4n) is 2.45. The van der Waals surface area contributed by atoms with Gasteiger partial charge in [0.2, 0.25) is 5.91 Å². The van der Waals surface area contributed by atoms with Crippen molar-refractivity contribution in [1.29, 1.82) is 0 Å². The zero-order valence-corrected chi connectivity index (χ0v) is 15.2. The minimum Gasteiger partial charge on any atom is -0.467 e. The summed E-state index contributed by atoms with van der Waals surface area (Å²) in [5.74, 6) is 1.45. The fraction of sp³-hybridized carbons (Fsp3) is 0.278. The summed E-state index contributed by atoms with van der Waals surface area (Å²) in [6.45, 7) is 6.18. The van der Waals surface area contributed by atoms with Crippen molar-refractivity contribution in [3.63, 3.8) is 0 Å². The number of para-hydroxylation sites is 1. The quantitative estimate of drug-likeness (QED) is 0.686. The van der Waals surface area contributed by atoms with E-state index in [1.165, 1.54) is 11.8 Å². The van der Waals surface area contributed by atoms with E-state index in [2.05, 4.69) is 15.5 Å². The number of thioether (sulfide) groups is 1. The Hall–Kier alpha value is -2.54. The molecule has 0 saturated heterocycles. The molecule has 0 radical (unpaired) electrons. The van der Waals surface area contributed by atoms with E-state index >= 15 is 0 Å². The Morgan fingerprint density at radius 2 is 2.04 bits per heavy atom. The molecular weight excluding hydrogens is 336 g/mol. The lowest BCUT2D eigenvalue weighted by molar-refractivity contribution is -0.120. The largest absolute Gasteiger partial charge is 0.467 e. The van der Waals surface area contributed by atoms with Crippen molar-refractivity contribution in [2.24, 2.45) is 0 Å². The second kappa shape index (κ2) is 7.57. The standard InChI is InChI=1S/C18H20N4O2S/c1-12-7-4-5-9-16(12)22-14(3)20-21-18(22)25-13(2)17(23)19-11-15-8-6-10-24-15/h4-10,13H,11H2,1-3H3,(H,19,23). The number of carbonyl (C=O) groups is 1. The summed E-state index contributed by atoms with van der Waals surface area (Å²) in [7, 11) is 0. The van der Waals surface area contributed by atoms with Crippen molar-refractivity contribution >= 4 is 17.7 Å². The van der Waals surface area contributed by atoms with Crippen LogP contribution in [0.1, 0.15) is 24.1 Å². The van der Waals surface area contributed by atoms with E-state index in [1.807, 2.05) is 55.7 Å². The molecule has 130 valence electrons. The number of hydrogen-bond acceptors (Lipinski definition) is 5. The number of nitrogens with one attached hydrogen (secondary N) is 1. The van der Waals surface area contributed by atoms with Gasteiger partial charge in [0.05, 0.1) is 23.7 Å². The molecule has 1 N–H and O–H groups in total. The van der Waals surface area contributed by atoms with E-state index in [1.54, 1.807) is 12.3 Å². The average Bonchev–Trinajstić information content (AvgIpc) is 3.23. The number of carbonyl (C=O) groups excluding carboxylic acids is 1. The second-order valence-electron chi connectivity index (χ2n) is 5.71. The molecule has 1 amide bonds. The normalized spacial score (nSPS) is 12.1. The van der Waals surface area contributed by atoms with Crippen LogP contribution in [0.15, 0.2) is 52.2 Å². The fourth-order valence-corrected chi connectivity index (χ4v) is 3.38. The topological polar surface area (TPSA) is 73.0 Å². The van der Waals surface area contributed by atoms with Gasteiger partial charge >= 0.3 is 0 Å². The van der Waals surface area contributed by atoms with E-state index in [-0.39, 0.29) is 11.2 Å². The van der Waals surface area contributed by atoms with Gasteiger partial charge in [-0.25, -0.2) is 0 Å². The molecular formula is C18H20N4O2S. The molecule has 0 fully saturated rings. The van der Waals surface area contributed by atoms with E-state index in [4.69, 9.17) is 4.42 Å². The van der Waals surface area contributed by atoms with E-state index in [0.29, 0.717) is 11.7 Å². The molecule has 2 aromatic heterocycles. The maximum atomic E-state index is 12.3. The second-order valence-corrected chi connectivity index (χ2v) is 7.02. The first-order valence-corrected chi connectivity index (χ1v) is 8.89. The molecule has 0 aliphatic heterocycles. The number of furan rings is 1. The summed E-state index contributed by atoms with van der Waals surface area (Å²) in [6, 6.07) is 11.7. The maximum Gasteiger partial charge on any atom is 0.233 e. The number of nitrogens with zero attached hydrogens (tertiary/aromatic N) is 3. The maximum absolute atomic E-state index is 12.3. The molecule has 25 heavy (non-hydrogen) atoms. The van der Waals surface area contributed by atoms with Crippen LogP contribution in [0, 0.1) is 13.8 Å². The molecule has 0 aliphatic carbocycles. The van der Waals surface area contributed by atoms with E-state index in [9.17, 15) is 4.79 Å². The zero-order chi connectivity index (χ0) is 17.8. The van der Waals surface area contributed by atoms with Crippen LogP contribution in [0.25, 0.3) is 5.69 Å². The summed E-state index contributed by atoms with van der Waals surface area (Å²) < 4.78 is 7.21. The van der Waals surface area contributed by atoms with Gasteiger partial charge in [-0.2, -0.15) is 0 Å². The highest BCUT2D eigenvalue weighted by Crippen LogP contribution is 2.27. The van der Waals surface area contributed by atoms with Gasteiger partial charge in [0.15, 0.2) is 5.16 Å². The van der Waals surface area contributed by atoms with E-state index in [0.717, 1.165) is 22.8 Å². The number of rotatable bonds is 6. The van der Waals surface area contributed by atoms with Gasteiger partial charge in [-0.05, 0) is 44.5 Å². The highest BCUT2D eigenvalue weighted by atomic mass is 32.2. The van der Waals surface area contributed by atoms with Crippen LogP contribution < -0.4 is 5.32 Å². The van der Waals surface area contributed by atoms with Crippen molar-refractivity contribution in [1.82, 2.24) is 20.1 Å². The van der Waals surface area contributed by atoms with Gasteiger partial charge in [-0.1, -0.05) is 30.0 Å². The van der Waals surface area contributed by atoms with Gasteiger partial charge in [0, 0.05) is 0 Å². The van der Waals surface area contributed by atoms with Crippen LogP contribution in [0.4, 0.5) is 0 Å². The molecule has 1 aromatic carbocycles. The third-order valence-electron chi connectivity index (χ3n) is 3.82. The third-order valence-corrected chi connectivity index (χ3v) is 4.86. The number of amides is 1. The van der Waals surface area contributed by atoms with Crippen molar-refractivity contribution < 1.29 is 9.21 Å². The van der Waals surface area contributed by atoms with Crippen LogP contribution in [0.3, 0.4) is 0 Å². The molecule has 0 aliphatic rings. The Morgan fingerprint density at radius 3 is 2.76 bits per heavy atom. The summed E-state index contributed by atoms with van der Waals surface area (Å²) in [6.07, 6.45) is 1.59. The Labute approximate surface area is 150 Å². The van der Waals surface area contributed by atoms with Crippen molar-refractivity contribution in [3.8, 4) is 5.69 Å². The van der Waals surface area contributed by atoms with E-state index < -0.39 is 0 Å². The van der Waals surface area contributed by atoms with Gasteiger partial charge in [0.1, 0.15) is 11.6 Å². The Bertz CT molecular complexity index is 858. The molecule has 6 nitrogen and oxygen atoms in total. The van der Waals surface area contributed by atoms with Crippen molar-refractivity contribution in [2.45, 2.75) is 37.7 Å². The van der Waals surface area contributed by atoms with Gasteiger partial charge in [-0.3, -0.25) is 9.36 Å². The summed E-state index contributed by atoms with van der Waals surface area (Å²) >= 11 is 1.39. The van der Waals surface area contributed by atoms with Crippen molar-refractivity contribution in [2.75, 3.05) is 0 Å². The molecule has 3 rings (SSSR count). The molecule has 2 heterocycles. The van der Waals surface area contributed by atoms with Crippen molar-refractivity contribution in [3.05, 3.63) is 59.8 Å². The minimum absolute atomic E-state index is 0.0709. The third kappa shape index (κ3) is 3.93. The SMILES string of the molecule is Cc1ccccc1-n1c(C)nnc1SC(C)C(=O)NCc1ccco1. The Balaban J connectivity index is 1.72. The first-order valence-electron chi connectivity index (χ1n) is 8.01. The first-order chi connectivity index (χ1) is 12.1. The molecule has 1 unspecified atom stereocenters. The monoisotopic (exact) mass is 356 g/mol. The molecule has 0 saturated carbocycles. The first kappa shape index (κ1) is 17.3. The lowest BCUT2D eigenvalue weighted by Crippen LogP contribution is -2.30. The smallest absolute Gasteiger partial charge is 0.233 e. The predicted octanol–water partition coefficient (Wildman–Crippen LogP) is 3.27. The molecule has 3 aromatic rings. The van der Waals surface area contributed by atoms with Crippen LogP contribution in [-0.2, 0) is 11.3 Å². The molecule has 0 spiro atoms. The Morgan fingerprint density at radius 1 is 1.24 bits per heavy atom. The minimum atomic E-state index is -0.304. The summed E-state index contributed by atoms with van der Waals surface area (Å²) in [4.78, 5) is 12.3. The molecule has 1 atom stereocenters. The molecule has 7 heteroatoms. The van der Waals surface area contributed by atoms with Gasteiger partial charge in [0.25, 0.3) is 0 Å². The number of aryl methyl sites for hydroxylation is 2. The Kier molecular flexibility index (Phi) is 5.23. The highest BCUT2D eigenvalue weighted by Gasteiger charge is 2.20. The lowest BCUT2D eigenvalue weighted by Gasteiger charge is -2.14. The lowest BCUT2D eigenvalue weighted by atomic mass is 10.2. The van der Waals surface area contributed by atoms with Gasteiger partial charge < -0.3 is 9.73 Å². The van der Waals surface area contributed by atoms with Gasteiger partial charge in [-0.15, -0.1) is 10.2 Å².